The largest absolute Gasteiger partial charge is 0.452 e. The minimum absolute atomic E-state index is 0.350. The second-order valence-corrected chi connectivity index (χ2v) is 7.71. The van der Waals surface area contributed by atoms with Crippen molar-refractivity contribution in [2.45, 2.75) is 26.7 Å². The number of rotatable bonds is 5. The molecule has 0 unspecified atom stereocenters. The number of esters is 1. The number of amides is 1. The Hall–Kier alpha value is -1.66. The quantitative estimate of drug-likeness (QED) is 0.594. The predicted octanol–water partition coefficient (Wildman–Crippen LogP) is 5.44. The summed E-state index contributed by atoms with van der Waals surface area (Å²) in [5, 5.41) is 2.73. The minimum atomic E-state index is -0.521. The Morgan fingerprint density at radius 1 is 1.08 bits per heavy atom. The van der Waals surface area contributed by atoms with Crippen LogP contribution in [0.2, 0.25) is 0 Å². The summed E-state index contributed by atoms with van der Waals surface area (Å²) in [6.07, 6.45) is 0. The second kappa shape index (κ2) is 8.63. The third-order valence-electron chi connectivity index (χ3n) is 3.60. The maximum Gasteiger partial charge on any atom is 0.338 e. The van der Waals surface area contributed by atoms with E-state index >= 15 is 0 Å². The number of halogens is 2. The zero-order chi connectivity index (χ0) is 18.6. The average molecular weight is 469 g/mol. The fraction of sp³-hybridized carbons (Fsp3) is 0.263. The normalized spacial score (nSPS) is 10.6. The number of ether oxygens (including phenoxy) is 1. The number of aryl methyl sites for hydroxylation is 1. The lowest BCUT2D eigenvalue weighted by molar-refractivity contribution is -0.119. The van der Waals surface area contributed by atoms with Gasteiger partial charge >= 0.3 is 5.97 Å². The van der Waals surface area contributed by atoms with Crippen LogP contribution in [-0.2, 0) is 9.53 Å². The Balaban J connectivity index is 1.94. The molecular formula is C19H19Br2NO3. The van der Waals surface area contributed by atoms with Crippen LogP contribution in [-0.4, -0.2) is 18.5 Å². The highest BCUT2D eigenvalue weighted by atomic mass is 79.9. The molecule has 0 aliphatic heterocycles. The summed E-state index contributed by atoms with van der Waals surface area (Å²) >= 11 is 6.82. The van der Waals surface area contributed by atoms with Gasteiger partial charge in [-0.05, 0) is 80.1 Å². The van der Waals surface area contributed by atoms with E-state index in [-0.39, 0.29) is 6.61 Å². The number of anilines is 1. The summed E-state index contributed by atoms with van der Waals surface area (Å²) in [5.74, 6) is -0.535. The molecule has 2 aromatic rings. The van der Waals surface area contributed by atoms with Crippen LogP contribution in [0.4, 0.5) is 5.69 Å². The molecule has 2 rings (SSSR count). The smallest absolute Gasteiger partial charge is 0.338 e. The molecule has 0 fully saturated rings. The molecule has 25 heavy (non-hydrogen) atoms. The van der Waals surface area contributed by atoms with E-state index in [0.29, 0.717) is 17.2 Å². The van der Waals surface area contributed by atoms with Crippen LogP contribution in [0.15, 0.2) is 45.3 Å². The van der Waals surface area contributed by atoms with Gasteiger partial charge < -0.3 is 10.1 Å². The molecule has 0 saturated carbocycles. The van der Waals surface area contributed by atoms with Gasteiger partial charge in [-0.25, -0.2) is 4.79 Å². The Labute approximate surface area is 164 Å². The van der Waals surface area contributed by atoms with Gasteiger partial charge in [-0.3, -0.25) is 4.79 Å². The summed E-state index contributed by atoms with van der Waals surface area (Å²) in [6, 6.07) is 11.0. The first-order valence-corrected chi connectivity index (χ1v) is 9.39. The van der Waals surface area contributed by atoms with Gasteiger partial charge in [0.05, 0.1) is 11.3 Å². The van der Waals surface area contributed by atoms with Crippen molar-refractivity contribution in [2.24, 2.45) is 0 Å². The third kappa shape index (κ3) is 5.41. The fourth-order valence-electron chi connectivity index (χ4n) is 2.21. The van der Waals surface area contributed by atoms with Crippen LogP contribution >= 0.6 is 31.9 Å². The van der Waals surface area contributed by atoms with Crippen molar-refractivity contribution in [1.29, 1.82) is 0 Å². The van der Waals surface area contributed by atoms with E-state index in [4.69, 9.17) is 4.74 Å². The van der Waals surface area contributed by atoms with Gasteiger partial charge in [0, 0.05) is 8.95 Å². The maximum absolute atomic E-state index is 12.1. The monoisotopic (exact) mass is 467 g/mol. The number of carbonyl (C=O) groups is 2. The topological polar surface area (TPSA) is 55.4 Å². The highest BCUT2D eigenvalue weighted by Gasteiger charge is 2.13. The maximum atomic E-state index is 12.1. The molecule has 132 valence electrons. The summed E-state index contributed by atoms with van der Waals surface area (Å²) in [4.78, 5) is 24.1. The highest BCUT2D eigenvalue weighted by Crippen LogP contribution is 2.32. The SMILES string of the molecule is Cc1cc(Br)c(NC(=O)COC(=O)c2ccc(C(C)C)cc2)c(Br)c1. The Kier molecular flexibility index (Phi) is 6.79. The molecule has 0 bridgehead atoms. The molecule has 0 saturated heterocycles. The van der Waals surface area contributed by atoms with Gasteiger partial charge in [-0.1, -0.05) is 26.0 Å². The Morgan fingerprint density at radius 2 is 1.64 bits per heavy atom. The molecule has 4 nitrogen and oxygen atoms in total. The number of nitrogens with one attached hydrogen (secondary N) is 1. The van der Waals surface area contributed by atoms with Gasteiger partial charge in [-0.2, -0.15) is 0 Å². The molecule has 0 aliphatic rings. The first kappa shape index (κ1) is 19.7. The van der Waals surface area contributed by atoms with Gasteiger partial charge in [0.2, 0.25) is 0 Å². The minimum Gasteiger partial charge on any atom is -0.452 e. The number of benzene rings is 2. The molecule has 0 atom stereocenters. The van der Waals surface area contributed by atoms with E-state index in [1.807, 2.05) is 31.2 Å². The molecular weight excluding hydrogens is 450 g/mol. The summed E-state index contributed by atoms with van der Waals surface area (Å²) < 4.78 is 6.59. The number of hydrogen-bond acceptors (Lipinski definition) is 3. The summed E-state index contributed by atoms with van der Waals surface area (Å²) in [6.45, 7) is 5.77. The zero-order valence-electron chi connectivity index (χ0n) is 14.2. The van der Waals surface area contributed by atoms with Crippen molar-refractivity contribution in [1.82, 2.24) is 0 Å². The van der Waals surface area contributed by atoms with E-state index in [1.54, 1.807) is 12.1 Å². The van der Waals surface area contributed by atoms with Crippen LogP contribution in [0.5, 0.6) is 0 Å². The fourth-order valence-corrected chi connectivity index (χ4v) is 3.83. The van der Waals surface area contributed by atoms with Crippen molar-refractivity contribution in [3.63, 3.8) is 0 Å². The van der Waals surface area contributed by atoms with E-state index in [1.165, 1.54) is 0 Å². The van der Waals surface area contributed by atoms with Crippen LogP contribution in [0.3, 0.4) is 0 Å². The molecule has 0 aliphatic carbocycles. The lowest BCUT2D eigenvalue weighted by Crippen LogP contribution is -2.21. The molecule has 1 N–H and O–H groups in total. The van der Waals surface area contributed by atoms with Crippen molar-refractivity contribution in [2.75, 3.05) is 11.9 Å². The third-order valence-corrected chi connectivity index (χ3v) is 4.85. The Morgan fingerprint density at radius 3 is 2.16 bits per heavy atom. The molecule has 1 amide bonds. The molecule has 0 aromatic heterocycles. The van der Waals surface area contributed by atoms with Crippen LogP contribution in [0.25, 0.3) is 0 Å². The standard InChI is InChI=1S/C19H19Br2NO3/c1-11(2)13-4-6-14(7-5-13)19(24)25-10-17(23)22-18-15(20)8-12(3)9-16(18)21/h4-9,11H,10H2,1-3H3,(H,22,23). The molecule has 6 heteroatoms. The molecule has 0 heterocycles. The first-order valence-electron chi connectivity index (χ1n) is 7.80. The second-order valence-electron chi connectivity index (χ2n) is 6.00. The lowest BCUT2D eigenvalue weighted by Gasteiger charge is -2.11. The van der Waals surface area contributed by atoms with Crippen molar-refractivity contribution < 1.29 is 14.3 Å². The van der Waals surface area contributed by atoms with Crippen molar-refractivity contribution in [3.8, 4) is 0 Å². The van der Waals surface area contributed by atoms with Gasteiger partial charge in [0.1, 0.15) is 0 Å². The van der Waals surface area contributed by atoms with Crippen LogP contribution in [0.1, 0.15) is 41.3 Å². The molecule has 0 spiro atoms. The number of carbonyl (C=O) groups excluding carboxylic acids is 2. The number of hydrogen-bond donors (Lipinski definition) is 1. The van der Waals surface area contributed by atoms with Crippen LogP contribution in [0, 0.1) is 6.92 Å². The zero-order valence-corrected chi connectivity index (χ0v) is 17.4. The van der Waals surface area contributed by atoms with E-state index in [9.17, 15) is 9.59 Å². The average Bonchev–Trinajstić information content (AvgIpc) is 2.56. The predicted molar refractivity (Wildman–Crippen MR) is 106 cm³/mol. The molecule has 0 radical (unpaired) electrons. The van der Waals surface area contributed by atoms with Gasteiger partial charge in [0.15, 0.2) is 6.61 Å². The van der Waals surface area contributed by atoms with Gasteiger partial charge in [-0.15, -0.1) is 0 Å². The van der Waals surface area contributed by atoms with Crippen molar-refractivity contribution >= 4 is 49.4 Å². The summed E-state index contributed by atoms with van der Waals surface area (Å²) in [7, 11) is 0. The van der Waals surface area contributed by atoms with Gasteiger partial charge in [0.25, 0.3) is 5.91 Å². The first-order chi connectivity index (χ1) is 11.8. The van der Waals surface area contributed by atoms with E-state index in [0.717, 1.165) is 20.1 Å². The van der Waals surface area contributed by atoms with E-state index in [2.05, 4.69) is 51.0 Å². The van der Waals surface area contributed by atoms with Crippen LogP contribution < -0.4 is 5.32 Å². The lowest BCUT2D eigenvalue weighted by atomic mass is 10.0. The highest BCUT2D eigenvalue weighted by molar-refractivity contribution is 9.11. The van der Waals surface area contributed by atoms with E-state index < -0.39 is 11.9 Å². The van der Waals surface area contributed by atoms with Crippen molar-refractivity contribution in [3.05, 3.63) is 62.0 Å². The molecule has 2 aromatic carbocycles. The summed E-state index contributed by atoms with van der Waals surface area (Å²) in [5.41, 5.74) is 3.22. The Bertz CT molecular complexity index is 763.